The van der Waals surface area contributed by atoms with Gasteiger partial charge in [-0.05, 0) is 58.1 Å². The third-order valence-electron chi connectivity index (χ3n) is 6.20. The molecule has 0 bridgehead atoms. The third kappa shape index (κ3) is 4.31. The molecule has 172 valence electrons. The molecule has 10 heteroatoms. The van der Waals surface area contributed by atoms with E-state index < -0.39 is 6.23 Å². The van der Waals surface area contributed by atoms with Gasteiger partial charge in [-0.15, -0.1) is 0 Å². The minimum absolute atomic E-state index is 0.365. The number of hydrogen-bond donors (Lipinski definition) is 2. The SMILES string of the molecule is Cc1ncc(Cl)c([C@@H](N)Oc2ccc3[nH]nc(-c4cnn(C5CCN(C)CC5)c4)c3c2)c1Cl. The number of piperidine rings is 1. The summed E-state index contributed by atoms with van der Waals surface area (Å²) in [6.45, 7) is 3.96. The Balaban J connectivity index is 1.41. The number of hydrogen-bond acceptors (Lipinski definition) is 6. The quantitative estimate of drug-likeness (QED) is 0.396. The highest BCUT2D eigenvalue weighted by Gasteiger charge is 2.21. The molecule has 0 unspecified atom stereocenters. The van der Waals surface area contributed by atoms with Crippen molar-refractivity contribution in [3.05, 3.63) is 58.1 Å². The lowest BCUT2D eigenvalue weighted by Crippen LogP contribution is -2.31. The molecule has 0 amide bonds. The lowest BCUT2D eigenvalue weighted by atomic mass is 10.1. The van der Waals surface area contributed by atoms with Gasteiger partial charge in [0.25, 0.3) is 0 Å². The van der Waals surface area contributed by atoms with Crippen LogP contribution >= 0.6 is 23.2 Å². The molecule has 0 aliphatic carbocycles. The van der Waals surface area contributed by atoms with E-state index >= 15 is 0 Å². The predicted octanol–water partition coefficient (Wildman–Crippen LogP) is 4.74. The number of nitrogens with two attached hydrogens (primary N) is 1. The first kappa shape index (κ1) is 22.2. The van der Waals surface area contributed by atoms with E-state index in [1.807, 2.05) is 24.4 Å². The second-order valence-corrected chi connectivity index (χ2v) is 9.27. The van der Waals surface area contributed by atoms with Gasteiger partial charge in [-0.2, -0.15) is 10.2 Å². The van der Waals surface area contributed by atoms with Crippen molar-refractivity contribution in [2.45, 2.75) is 32.0 Å². The van der Waals surface area contributed by atoms with Crippen LogP contribution in [0.5, 0.6) is 5.75 Å². The van der Waals surface area contributed by atoms with E-state index in [0.717, 1.165) is 48.1 Å². The summed E-state index contributed by atoms with van der Waals surface area (Å²) in [6.07, 6.45) is 6.81. The molecule has 1 aromatic carbocycles. The van der Waals surface area contributed by atoms with Crippen LogP contribution in [0.15, 0.2) is 36.8 Å². The zero-order valence-corrected chi connectivity index (χ0v) is 19.9. The van der Waals surface area contributed by atoms with E-state index in [4.69, 9.17) is 33.7 Å². The number of fused-ring (bicyclic) bond motifs is 1. The molecule has 5 rings (SSSR count). The molecule has 1 saturated heterocycles. The van der Waals surface area contributed by atoms with Gasteiger partial charge in [-0.25, -0.2) is 0 Å². The van der Waals surface area contributed by atoms with Crippen molar-refractivity contribution < 1.29 is 4.74 Å². The summed E-state index contributed by atoms with van der Waals surface area (Å²) in [5, 5.41) is 13.9. The van der Waals surface area contributed by atoms with Gasteiger partial charge in [0.1, 0.15) is 11.4 Å². The van der Waals surface area contributed by atoms with E-state index in [-0.39, 0.29) is 0 Å². The summed E-state index contributed by atoms with van der Waals surface area (Å²) >= 11 is 12.7. The molecule has 4 heterocycles. The largest absolute Gasteiger partial charge is 0.471 e. The van der Waals surface area contributed by atoms with E-state index in [2.05, 4.69) is 43.1 Å². The van der Waals surface area contributed by atoms with Crippen LogP contribution in [0.4, 0.5) is 0 Å². The van der Waals surface area contributed by atoms with Crippen LogP contribution in [0.25, 0.3) is 22.2 Å². The number of halogens is 2. The molecule has 33 heavy (non-hydrogen) atoms. The Kier molecular flexibility index (Phi) is 6.01. The highest BCUT2D eigenvalue weighted by atomic mass is 35.5. The number of H-pyrrole nitrogens is 1. The summed E-state index contributed by atoms with van der Waals surface area (Å²) in [4.78, 5) is 6.50. The number of aromatic amines is 1. The Morgan fingerprint density at radius 2 is 2.00 bits per heavy atom. The third-order valence-corrected chi connectivity index (χ3v) is 6.98. The van der Waals surface area contributed by atoms with Gasteiger partial charge in [0.15, 0.2) is 6.23 Å². The summed E-state index contributed by atoms with van der Waals surface area (Å²) in [5.41, 5.74) is 10.1. The molecule has 1 fully saturated rings. The minimum atomic E-state index is -0.841. The number of aryl methyl sites for hydroxylation is 1. The molecule has 3 aromatic heterocycles. The number of likely N-dealkylation sites (tertiary alicyclic amines) is 1. The van der Waals surface area contributed by atoms with Crippen LogP contribution in [0.3, 0.4) is 0 Å². The molecule has 0 radical (unpaired) electrons. The Hall–Kier alpha value is -2.65. The predicted molar refractivity (Wildman–Crippen MR) is 130 cm³/mol. The number of pyridine rings is 1. The highest BCUT2D eigenvalue weighted by molar-refractivity contribution is 6.36. The lowest BCUT2D eigenvalue weighted by Gasteiger charge is -2.28. The smallest absolute Gasteiger partial charge is 0.177 e. The van der Waals surface area contributed by atoms with Crippen LogP contribution in [-0.2, 0) is 0 Å². The fraction of sp³-hybridized carbons (Fsp3) is 0.348. The molecule has 4 aromatic rings. The topological polar surface area (TPSA) is 97.9 Å². The number of nitrogens with zero attached hydrogens (tertiary/aromatic N) is 5. The minimum Gasteiger partial charge on any atom is -0.471 e. The molecule has 3 N–H and O–H groups in total. The van der Waals surface area contributed by atoms with E-state index in [1.54, 1.807) is 6.92 Å². The van der Waals surface area contributed by atoms with Crippen molar-refractivity contribution in [2.75, 3.05) is 20.1 Å². The van der Waals surface area contributed by atoms with Gasteiger partial charge in [-0.1, -0.05) is 23.2 Å². The number of nitrogens with one attached hydrogen (secondary N) is 1. The summed E-state index contributed by atoms with van der Waals surface area (Å²) in [7, 11) is 2.16. The standard InChI is InChI=1S/C23H25Cl2N7O/c1-13-21(25)20(18(24)11-27-13)23(26)33-16-3-4-19-17(9-16)22(30-29-19)14-10-28-32(12-14)15-5-7-31(2)8-6-15/h3-4,9-12,15,23H,5-8,26H2,1-2H3,(H,29,30)/t23-/m0/s1. The second kappa shape index (κ2) is 8.95. The first-order valence-corrected chi connectivity index (χ1v) is 11.6. The average Bonchev–Trinajstić information content (AvgIpc) is 3.44. The average molecular weight is 486 g/mol. The summed E-state index contributed by atoms with van der Waals surface area (Å²) < 4.78 is 8.07. The van der Waals surface area contributed by atoms with Crippen LogP contribution in [0.1, 0.15) is 36.4 Å². The second-order valence-electron chi connectivity index (χ2n) is 8.48. The first-order valence-electron chi connectivity index (χ1n) is 10.8. The Morgan fingerprint density at radius 3 is 2.79 bits per heavy atom. The van der Waals surface area contributed by atoms with Gasteiger partial charge in [0, 0.05) is 28.9 Å². The van der Waals surface area contributed by atoms with Crippen molar-refractivity contribution in [1.82, 2.24) is 29.9 Å². The van der Waals surface area contributed by atoms with Crippen LogP contribution < -0.4 is 10.5 Å². The molecular weight excluding hydrogens is 461 g/mol. The molecule has 8 nitrogen and oxygen atoms in total. The number of benzene rings is 1. The lowest BCUT2D eigenvalue weighted by molar-refractivity contribution is 0.212. The maximum absolute atomic E-state index is 6.38. The molecule has 1 atom stereocenters. The van der Waals surface area contributed by atoms with Crippen molar-refractivity contribution in [3.8, 4) is 17.0 Å². The fourth-order valence-corrected chi connectivity index (χ4v) is 4.81. The van der Waals surface area contributed by atoms with Crippen LogP contribution in [-0.4, -0.2) is 50.0 Å². The summed E-state index contributed by atoms with van der Waals surface area (Å²) in [5.74, 6) is 0.585. The Bertz CT molecular complexity index is 1290. The number of rotatable bonds is 5. The highest BCUT2D eigenvalue weighted by Crippen LogP contribution is 2.34. The van der Waals surface area contributed by atoms with Crippen molar-refractivity contribution in [2.24, 2.45) is 5.73 Å². The monoisotopic (exact) mass is 485 g/mol. The zero-order valence-electron chi connectivity index (χ0n) is 18.4. The first-order chi connectivity index (χ1) is 15.9. The van der Waals surface area contributed by atoms with E-state index in [0.29, 0.717) is 33.1 Å². The van der Waals surface area contributed by atoms with E-state index in [9.17, 15) is 0 Å². The molecule has 0 spiro atoms. The maximum Gasteiger partial charge on any atom is 0.177 e. The number of ether oxygens (including phenoxy) is 1. The molecular formula is C23H25Cl2N7O. The van der Waals surface area contributed by atoms with E-state index in [1.165, 1.54) is 6.20 Å². The molecule has 1 aliphatic heterocycles. The fourth-order valence-electron chi connectivity index (χ4n) is 4.25. The normalized spacial score (nSPS) is 16.4. The zero-order chi connectivity index (χ0) is 23.1. The van der Waals surface area contributed by atoms with Crippen molar-refractivity contribution in [1.29, 1.82) is 0 Å². The van der Waals surface area contributed by atoms with Crippen LogP contribution in [0.2, 0.25) is 10.0 Å². The van der Waals surface area contributed by atoms with Crippen molar-refractivity contribution in [3.63, 3.8) is 0 Å². The molecule has 1 aliphatic rings. The van der Waals surface area contributed by atoms with Gasteiger partial charge < -0.3 is 9.64 Å². The van der Waals surface area contributed by atoms with Crippen LogP contribution in [0, 0.1) is 6.92 Å². The molecule has 0 saturated carbocycles. The van der Waals surface area contributed by atoms with Gasteiger partial charge in [0.05, 0.1) is 33.5 Å². The maximum atomic E-state index is 6.38. The number of aromatic nitrogens is 5. The Labute approximate surface area is 201 Å². The van der Waals surface area contributed by atoms with Gasteiger partial charge in [0.2, 0.25) is 0 Å². The Morgan fingerprint density at radius 1 is 1.21 bits per heavy atom. The van der Waals surface area contributed by atoms with Gasteiger partial charge in [-0.3, -0.25) is 20.5 Å². The van der Waals surface area contributed by atoms with Gasteiger partial charge >= 0.3 is 0 Å². The summed E-state index contributed by atoms with van der Waals surface area (Å²) in [6, 6.07) is 6.07. The van der Waals surface area contributed by atoms with Crippen molar-refractivity contribution >= 4 is 34.1 Å².